The van der Waals surface area contributed by atoms with E-state index in [0.717, 1.165) is 0 Å². The molecule has 0 spiro atoms. The molecule has 1 fully saturated rings. The highest BCUT2D eigenvalue weighted by atomic mass is 35.5. The van der Waals surface area contributed by atoms with Gasteiger partial charge in [-0.15, -0.1) is 0 Å². The van der Waals surface area contributed by atoms with Crippen LogP contribution in [0.2, 0.25) is 5.02 Å². The molecule has 3 rings (SSSR count). The molecule has 2 aromatic rings. The van der Waals surface area contributed by atoms with Crippen molar-refractivity contribution in [1.29, 1.82) is 0 Å². The van der Waals surface area contributed by atoms with E-state index in [-0.39, 0.29) is 21.3 Å². The second kappa shape index (κ2) is 5.50. The molecule has 6 heteroatoms. The predicted molar refractivity (Wildman–Crippen MR) is 84.7 cm³/mol. The van der Waals surface area contributed by atoms with Crippen molar-refractivity contribution in [3.05, 3.63) is 64.2 Å². The predicted octanol–water partition coefficient (Wildman–Crippen LogP) is 3.10. The van der Waals surface area contributed by atoms with Crippen LogP contribution >= 0.6 is 11.6 Å². The van der Waals surface area contributed by atoms with E-state index in [1.807, 2.05) is 12.1 Å². The van der Waals surface area contributed by atoms with E-state index < -0.39 is 10.0 Å². The molecule has 1 saturated carbocycles. The van der Waals surface area contributed by atoms with E-state index in [1.54, 1.807) is 12.1 Å². The SMILES string of the molecule is NS(=O)(=O)c1cc(C(=O)c2ccc(C3CC3)cc2)ccc1Cl. The van der Waals surface area contributed by atoms with Gasteiger partial charge in [0.05, 0.1) is 5.02 Å². The third-order valence-electron chi connectivity index (χ3n) is 3.72. The highest BCUT2D eigenvalue weighted by Crippen LogP contribution is 2.40. The summed E-state index contributed by atoms with van der Waals surface area (Å²) in [6, 6.07) is 11.5. The molecule has 2 aromatic carbocycles. The van der Waals surface area contributed by atoms with Gasteiger partial charge in [0.25, 0.3) is 0 Å². The van der Waals surface area contributed by atoms with E-state index in [2.05, 4.69) is 0 Å². The van der Waals surface area contributed by atoms with Crippen LogP contribution < -0.4 is 5.14 Å². The van der Waals surface area contributed by atoms with Gasteiger partial charge in [0.2, 0.25) is 10.0 Å². The molecule has 1 aliphatic carbocycles. The van der Waals surface area contributed by atoms with E-state index >= 15 is 0 Å². The summed E-state index contributed by atoms with van der Waals surface area (Å²) in [7, 11) is -3.97. The van der Waals surface area contributed by atoms with E-state index in [0.29, 0.717) is 11.5 Å². The highest BCUT2D eigenvalue weighted by Gasteiger charge is 2.23. The summed E-state index contributed by atoms with van der Waals surface area (Å²) in [4.78, 5) is 12.2. The first-order valence-electron chi connectivity index (χ1n) is 6.83. The molecule has 114 valence electrons. The summed E-state index contributed by atoms with van der Waals surface area (Å²) in [5.74, 6) is 0.359. The van der Waals surface area contributed by atoms with Crippen LogP contribution in [0.3, 0.4) is 0 Å². The Kier molecular flexibility index (Phi) is 3.80. The Morgan fingerprint density at radius 2 is 1.64 bits per heavy atom. The smallest absolute Gasteiger partial charge is 0.239 e. The zero-order valence-corrected chi connectivity index (χ0v) is 13.2. The van der Waals surface area contributed by atoms with Crippen LogP contribution in [0.4, 0.5) is 0 Å². The van der Waals surface area contributed by atoms with Gasteiger partial charge in [0, 0.05) is 11.1 Å². The maximum absolute atomic E-state index is 12.5. The first-order chi connectivity index (χ1) is 10.4. The fourth-order valence-electron chi connectivity index (χ4n) is 2.35. The number of hydrogen-bond acceptors (Lipinski definition) is 3. The van der Waals surface area contributed by atoms with Crippen LogP contribution in [0.1, 0.15) is 40.2 Å². The molecule has 0 unspecified atom stereocenters. The average molecular weight is 336 g/mol. The minimum Gasteiger partial charge on any atom is -0.289 e. The molecular weight excluding hydrogens is 322 g/mol. The summed E-state index contributed by atoms with van der Waals surface area (Å²) in [5, 5.41) is 5.10. The zero-order valence-electron chi connectivity index (χ0n) is 11.6. The van der Waals surface area contributed by atoms with Crippen molar-refractivity contribution in [3.63, 3.8) is 0 Å². The third-order valence-corrected chi connectivity index (χ3v) is 5.11. The molecule has 1 aliphatic rings. The second-order valence-electron chi connectivity index (χ2n) is 5.42. The Hall–Kier alpha value is -1.69. The number of halogens is 1. The molecule has 4 nitrogen and oxygen atoms in total. The van der Waals surface area contributed by atoms with Gasteiger partial charge in [-0.05, 0) is 42.5 Å². The summed E-state index contributed by atoms with van der Waals surface area (Å²) in [6.07, 6.45) is 2.39. The van der Waals surface area contributed by atoms with Gasteiger partial charge in [-0.2, -0.15) is 0 Å². The monoisotopic (exact) mass is 335 g/mol. The fourth-order valence-corrected chi connectivity index (χ4v) is 3.42. The zero-order chi connectivity index (χ0) is 15.9. The standard InChI is InChI=1S/C16H14ClNO3S/c17-14-8-7-13(9-15(14)22(18,20)21)16(19)12-5-3-11(4-6-12)10-1-2-10/h3-10H,1-2H2,(H2,18,20,21). The molecule has 0 atom stereocenters. The quantitative estimate of drug-likeness (QED) is 0.872. The van der Waals surface area contributed by atoms with Gasteiger partial charge in [-0.1, -0.05) is 35.9 Å². The summed E-state index contributed by atoms with van der Waals surface area (Å²) < 4.78 is 22.9. The Morgan fingerprint density at radius 3 is 2.18 bits per heavy atom. The van der Waals surface area contributed by atoms with Crippen LogP contribution in [-0.2, 0) is 10.0 Å². The maximum Gasteiger partial charge on any atom is 0.239 e. The Bertz CT molecular complexity index is 840. The average Bonchev–Trinajstić information content (AvgIpc) is 3.31. The highest BCUT2D eigenvalue weighted by molar-refractivity contribution is 7.89. The molecule has 0 bridgehead atoms. The minimum absolute atomic E-state index is 0.00290. The number of nitrogens with two attached hydrogens (primary N) is 1. The molecule has 0 saturated heterocycles. The number of carbonyl (C=O) groups excluding carboxylic acids is 1. The lowest BCUT2D eigenvalue weighted by molar-refractivity contribution is 0.103. The second-order valence-corrected chi connectivity index (χ2v) is 7.35. The third kappa shape index (κ3) is 3.06. The molecule has 22 heavy (non-hydrogen) atoms. The number of carbonyl (C=O) groups is 1. The first-order valence-corrected chi connectivity index (χ1v) is 8.76. The summed E-state index contributed by atoms with van der Waals surface area (Å²) >= 11 is 5.82. The van der Waals surface area contributed by atoms with Gasteiger partial charge in [-0.3, -0.25) is 4.79 Å². The van der Waals surface area contributed by atoms with Crippen molar-refractivity contribution in [3.8, 4) is 0 Å². The maximum atomic E-state index is 12.5. The van der Waals surface area contributed by atoms with Crippen molar-refractivity contribution in [1.82, 2.24) is 0 Å². The normalized spacial score (nSPS) is 14.8. The van der Waals surface area contributed by atoms with Crippen LogP contribution in [0.15, 0.2) is 47.4 Å². The molecule has 0 amide bonds. The summed E-state index contributed by atoms with van der Waals surface area (Å²) in [6.45, 7) is 0. The topological polar surface area (TPSA) is 77.2 Å². The lowest BCUT2D eigenvalue weighted by Crippen LogP contribution is -2.14. The number of rotatable bonds is 4. The van der Waals surface area contributed by atoms with Crippen molar-refractivity contribution >= 4 is 27.4 Å². The van der Waals surface area contributed by atoms with Crippen molar-refractivity contribution in [2.75, 3.05) is 0 Å². The molecule has 0 radical (unpaired) electrons. The van der Waals surface area contributed by atoms with Gasteiger partial charge in [0.15, 0.2) is 5.78 Å². The molecular formula is C16H14ClNO3S. The van der Waals surface area contributed by atoms with Crippen molar-refractivity contribution < 1.29 is 13.2 Å². The van der Waals surface area contributed by atoms with E-state index in [9.17, 15) is 13.2 Å². The van der Waals surface area contributed by atoms with Crippen molar-refractivity contribution in [2.45, 2.75) is 23.7 Å². The van der Waals surface area contributed by atoms with Crippen LogP contribution in [-0.4, -0.2) is 14.2 Å². The lowest BCUT2D eigenvalue weighted by atomic mass is 10.0. The minimum atomic E-state index is -3.97. The lowest BCUT2D eigenvalue weighted by Gasteiger charge is -2.06. The number of ketones is 1. The fraction of sp³-hybridized carbons (Fsp3) is 0.188. The molecule has 0 aliphatic heterocycles. The number of benzene rings is 2. The Balaban J connectivity index is 1.94. The van der Waals surface area contributed by atoms with Gasteiger partial charge >= 0.3 is 0 Å². The van der Waals surface area contributed by atoms with Gasteiger partial charge in [-0.25, -0.2) is 13.6 Å². The van der Waals surface area contributed by atoms with E-state index in [4.69, 9.17) is 16.7 Å². The summed E-state index contributed by atoms with van der Waals surface area (Å²) in [5.41, 5.74) is 1.98. The largest absolute Gasteiger partial charge is 0.289 e. The molecule has 0 aromatic heterocycles. The Labute approximate surface area is 134 Å². The first kappa shape index (κ1) is 15.2. The van der Waals surface area contributed by atoms with Gasteiger partial charge in [0.1, 0.15) is 4.90 Å². The molecule has 2 N–H and O–H groups in total. The number of primary sulfonamides is 1. The van der Waals surface area contributed by atoms with Crippen molar-refractivity contribution in [2.24, 2.45) is 5.14 Å². The van der Waals surface area contributed by atoms with Gasteiger partial charge < -0.3 is 0 Å². The van der Waals surface area contributed by atoms with Crippen LogP contribution in [0.5, 0.6) is 0 Å². The number of sulfonamides is 1. The van der Waals surface area contributed by atoms with E-state index in [1.165, 1.54) is 36.6 Å². The van der Waals surface area contributed by atoms with Crippen LogP contribution in [0.25, 0.3) is 0 Å². The number of hydrogen-bond donors (Lipinski definition) is 1. The Morgan fingerprint density at radius 1 is 1.05 bits per heavy atom. The molecule has 0 heterocycles. The van der Waals surface area contributed by atoms with Crippen LogP contribution in [0, 0.1) is 0 Å².